The predicted octanol–water partition coefficient (Wildman–Crippen LogP) is 4.09. The summed E-state index contributed by atoms with van der Waals surface area (Å²) in [5.74, 6) is -0.473. The number of β-amino-alcohol motifs (C(OH)–C–C–N with tert-alkyl or cyclic N) is 1. The molecule has 0 saturated carbocycles. The van der Waals surface area contributed by atoms with Gasteiger partial charge in [-0.2, -0.15) is 0 Å². The van der Waals surface area contributed by atoms with Crippen molar-refractivity contribution in [1.29, 1.82) is 0 Å². The number of aliphatic hydroxyl groups is 1. The number of pyridine rings is 1. The van der Waals surface area contributed by atoms with E-state index in [4.69, 9.17) is 23.2 Å². The van der Waals surface area contributed by atoms with Crippen LogP contribution in [-0.4, -0.2) is 58.1 Å². The van der Waals surface area contributed by atoms with Gasteiger partial charge in [0.05, 0.1) is 26.0 Å². The maximum atomic E-state index is 12.5. The first-order chi connectivity index (χ1) is 14.3. The van der Waals surface area contributed by atoms with Crippen LogP contribution in [0.5, 0.6) is 0 Å². The molecular formula is C18H20Cl2N4O4S2. The Balaban J connectivity index is 1.66. The molecule has 1 unspecified atom stereocenters. The first-order valence-electron chi connectivity index (χ1n) is 9.29. The van der Waals surface area contributed by atoms with Gasteiger partial charge in [-0.05, 0) is 25.9 Å². The lowest BCUT2D eigenvalue weighted by Gasteiger charge is -2.28. The van der Waals surface area contributed by atoms with Gasteiger partial charge in [0.2, 0.25) is 0 Å². The molecule has 0 bridgehead atoms. The van der Waals surface area contributed by atoms with Gasteiger partial charge in [-0.25, -0.2) is 0 Å². The van der Waals surface area contributed by atoms with Crippen LogP contribution in [-0.2, 0) is 0 Å². The van der Waals surface area contributed by atoms with E-state index in [9.17, 15) is 20.0 Å². The van der Waals surface area contributed by atoms with Gasteiger partial charge in [0.15, 0.2) is 0 Å². The average molecular weight is 491 g/mol. The summed E-state index contributed by atoms with van der Waals surface area (Å²) in [6.07, 6.45) is 5.52. The minimum Gasteiger partial charge on any atom is -0.390 e. The van der Waals surface area contributed by atoms with Crippen molar-refractivity contribution in [2.75, 3.05) is 26.2 Å². The van der Waals surface area contributed by atoms with E-state index in [0.717, 1.165) is 49.0 Å². The number of carbonyl (C=O) groups excluding carboxylic acids is 1. The van der Waals surface area contributed by atoms with E-state index in [-0.39, 0.29) is 31.4 Å². The molecule has 3 heterocycles. The van der Waals surface area contributed by atoms with E-state index < -0.39 is 16.9 Å². The number of hydrogen-bond acceptors (Lipinski definition) is 8. The first-order valence-corrected chi connectivity index (χ1v) is 11.7. The quantitative estimate of drug-likeness (QED) is 0.423. The highest BCUT2D eigenvalue weighted by molar-refractivity contribution is 8.01. The summed E-state index contributed by atoms with van der Waals surface area (Å²) < 4.78 is 0.286. The second-order valence-electron chi connectivity index (χ2n) is 6.80. The van der Waals surface area contributed by atoms with Gasteiger partial charge in [-0.1, -0.05) is 41.4 Å². The molecule has 1 saturated heterocycles. The van der Waals surface area contributed by atoms with Gasteiger partial charge in [0.25, 0.3) is 11.6 Å². The number of aliphatic hydroxyl groups excluding tert-OH is 1. The molecule has 162 valence electrons. The molecule has 8 nitrogen and oxygen atoms in total. The predicted molar refractivity (Wildman–Crippen MR) is 118 cm³/mol. The molecule has 0 spiro atoms. The van der Waals surface area contributed by atoms with Crippen molar-refractivity contribution in [3.8, 4) is 0 Å². The summed E-state index contributed by atoms with van der Waals surface area (Å²) >= 11 is 14.2. The van der Waals surface area contributed by atoms with Gasteiger partial charge < -0.3 is 15.3 Å². The number of nitrogens with zero attached hydrogens (tertiary/aromatic N) is 3. The Morgan fingerprint density at radius 3 is 2.63 bits per heavy atom. The third kappa shape index (κ3) is 6.05. The highest BCUT2D eigenvalue weighted by Crippen LogP contribution is 2.45. The van der Waals surface area contributed by atoms with Crippen LogP contribution in [0, 0.1) is 10.1 Å². The smallest absolute Gasteiger partial charge is 0.294 e. The van der Waals surface area contributed by atoms with Crippen molar-refractivity contribution < 1.29 is 14.8 Å². The van der Waals surface area contributed by atoms with Crippen LogP contribution >= 0.6 is 46.3 Å². The Morgan fingerprint density at radius 1 is 1.33 bits per heavy atom. The summed E-state index contributed by atoms with van der Waals surface area (Å²) in [6.45, 7) is 2.46. The number of carbonyl (C=O) groups is 1. The molecule has 1 aliphatic rings. The molecule has 2 N–H and O–H groups in total. The molecule has 1 aliphatic heterocycles. The van der Waals surface area contributed by atoms with Crippen LogP contribution in [0.3, 0.4) is 0 Å². The number of piperidine rings is 1. The molecule has 3 rings (SSSR count). The van der Waals surface area contributed by atoms with Crippen molar-refractivity contribution in [2.45, 2.75) is 34.5 Å². The summed E-state index contributed by atoms with van der Waals surface area (Å²) in [4.78, 5) is 30.0. The lowest BCUT2D eigenvalue weighted by atomic mass is 10.1. The number of halogens is 2. The van der Waals surface area contributed by atoms with Crippen LogP contribution < -0.4 is 5.32 Å². The number of amides is 1. The van der Waals surface area contributed by atoms with Crippen LogP contribution in [0.2, 0.25) is 10.0 Å². The summed E-state index contributed by atoms with van der Waals surface area (Å²) in [6, 6.07) is 1.22. The largest absolute Gasteiger partial charge is 0.390 e. The zero-order valence-corrected chi connectivity index (χ0v) is 19.0. The number of hydrogen-bond donors (Lipinski definition) is 2. The Morgan fingerprint density at radius 2 is 2.00 bits per heavy atom. The maximum absolute atomic E-state index is 12.5. The number of nitro groups is 1. The van der Waals surface area contributed by atoms with E-state index in [0.29, 0.717) is 11.4 Å². The molecular weight excluding hydrogens is 471 g/mol. The monoisotopic (exact) mass is 490 g/mol. The zero-order chi connectivity index (χ0) is 21.7. The lowest BCUT2D eigenvalue weighted by Crippen LogP contribution is -2.41. The van der Waals surface area contributed by atoms with Crippen molar-refractivity contribution in [3.63, 3.8) is 0 Å². The maximum Gasteiger partial charge on any atom is 0.294 e. The zero-order valence-electron chi connectivity index (χ0n) is 15.8. The third-order valence-electron chi connectivity index (χ3n) is 4.52. The van der Waals surface area contributed by atoms with Gasteiger partial charge in [0.1, 0.15) is 9.09 Å². The van der Waals surface area contributed by atoms with Crippen molar-refractivity contribution in [1.82, 2.24) is 15.2 Å². The summed E-state index contributed by atoms with van der Waals surface area (Å²) in [5.41, 5.74) is -0.201. The molecule has 0 aromatic carbocycles. The Bertz CT molecular complexity index is 901. The van der Waals surface area contributed by atoms with Crippen LogP contribution in [0.4, 0.5) is 5.69 Å². The topological polar surface area (TPSA) is 109 Å². The average Bonchev–Trinajstić information content (AvgIpc) is 3.14. The Labute approximate surface area is 191 Å². The van der Waals surface area contributed by atoms with E-state index in [1.165, 1.54) is 24.9 Å². The van der Waals surface area contributed by atoms with E-state index in [1.807, 2.05) is 0 Å². The molecule has 12 heteroatoms. The van der Waals surface area contributed by atoms with Gasteiger partial charge in [0, 0.05) is 31.5 Å². The minimum absolute atomic E-state index is 0.0749. The van der Waals surface area contributed by atoms with Crippen LogP contribution in [0.15, 0.2) is 27.6 Å². The van der Waals surface area contributed by atoms with Crippen LogP contribution in [0.25, 0.3) is 0 Å². The third-order valence-corrected chi connectivity index (χ3v) is 7.77. The number of thiophene rings is 1. The van der Waals surface area contributed by atoms with Crippen molar-refractivity contribution >= 4 is 57.9 Å². The molecule has 0 aliphatic carbocycles. The fourth-order valence-electron chi connectivity index (χ4n) is 3.07. The van der Waals surface area contributed by atoms with E-state index in [2.05, 4.69) is 15.2 Å². The fourth-order valence-corrected chi connectivity index (χ4v) is 5.85. The normalized spacial score (nSPS) is 15.7. The van der Waals surface area contributed by atoms with Gasteiger partial charge in [-0.15, -0.1) is 11.3 Å². The standard InChI is InChI=1S/C18H20Cl2N4O4S2/c19-12-8-21-9-13(20)16(12)30-18-14(24(27)28)6-15(29-18)17(26)22-7-11(25)10-23-4-2-1-3-5-23/h6,8-9,11,25H,1-5,7,10H2,(H,22,26). The van der Waals surface area contributed by atoms with Gasteiger partial charge in [-0.3, -0.25) is 19.9 Å². The number of aromatic nitrogens is 1. The second-order valence-corrected chi connectivity index (χ2v) is 9.95. The van der Waals surface area contributed by atoms with E-state index >= 15 is 0 Å². The lowest BCUT2D eigenvalue weighted by molar-refractivity contribution is -0.387. The molecule has 1 atom stereocenters. The first kappa shape index (κ1) is 23.2. The molecule has 2 aromatic rings. The number of likely N-dealkylation sites (tertiary alicyclic amines) is 1. The summed E-state index contributed by atoms with van der Waals surface area (Å²) in [7, 11) is 0. The number of rotatable bonds is 8. The van der Waals surface area contributed by atoms with E-state index in [1.54, 1.807) is 0 Å². The SMILES string of the molecule is O=C(NCC(O)CN1CCCCC1)c1cc([N+](=O)[O-])c(Sc2c(Cl)cncc2Cl)s1. The molecule has 2 aromatic heterocycles. The van der Waals surface area contributed by atoms with Crippen LogP contribution in [0.1, 0.15) is 28.9 Å². The summed E-state index contributed by atoms with van der Waals surface area (Å²) in [5, 5.41) is 24.8. The molecule has 30 heavy (non-hydrogen) atoms. The molecule has 1 amide bonds. The molecule has 1 fully saturated rings. The molecule has 0 radical (unpaired) electrons. The van der Waals surface area contributed by atoms with Crippen molar-refractivity contribution in [3.05, 3.63) is 43.5 Å². The Kier molecular flexibility index (Phi) is 8.32. The van der Waals surface area contributed by atoms with Crippen molar-refractivity contribution in [2.24, 2.45) is 0 Å². The number of nitrogens with one attached hydrogen (secondary N) is 1. The fraction of sp³-hybridized carbons (Fsp3) is 0.444. The minimum atomic E-state index is -0.703. The second kappa shape index (κ2) is 10.7. The highest BCUT2D eigenvalue weighted by atomic mass is 35.5. The highest BCUT2D eigenvalue weighted by Gasteiger charge is 2.25. The van der Waals surface area contributed by atoms with Gasteiger partial charge >= 0.3 is 0 Å². The Hall–Kier alpha value is -1.43.